The number of carbonyl (C=O) groups excluding carboxylic acids is 2. The predicted octanol–water partition coefficient (Wildman–Crippen LogP) is 3.39. The summed E-state index contributed by atoms with van der Waals surface area (Å²) in [5, 5.41) is 0. The Balaban J connectivity index is 2.55. The molecule has 1 aliphatic carbocycles. The third-order valence-electron chi connectivity index (χ3n) is 3.83. The van der Waals surface area contributed by atoms with E-state index in [2.05, 4.69) is 20.8 Å². The van der Waals surface area contributed by atoms with E-state index < -0.39 is 0 Å². The highest BCUT2D eigenvalue weighted by molar-refractivity contribution is 5.83. The molecule has 0 aromatic carbocycles. The van der Waals surface area contributed by atoms with Crippen LogP contribution in [-0.2, 0) is 9.59 Å². The van der Waals surface area contributed by atoms with Crippen LogP contribution in [0.5, 0.6) is 0 Å². The summed E-state index contributed by atoms with van der Waals surface area (Å²) in [7, 11) is 0. The van der Waals surface area contributed by atoms with Gasteiger partial charge in [-0.15, -0.1) is 0 Å². The Morgan fingerprint density at radius 2 is 2.00 bits per heavy atom. The smallest absolute Gasteiger partial charge is 0.136 e. The zero-order valence-electron chi connectivity index (χ0n) is 11.0. The maximum atomic E-state index is 11.8. The second kappa shape index (κ2) is 5.11. The van der Waals surface area contributed by atoms with E-state index in [9.17, 15) is 9.59 Å². The second-order valence-corrected chi connectivity index (χ2v) is 6.24. The first-order chi connectivity index (χ1) is 7.30. The molecule has 92 valence electrons. The molecular weight excluding hydrogens is 200 g/mol. The maximum Gasteiger partial charge on any atom is 0.136 e. The van der Waals surface area contributed by atoms with Crippen LogP contribution in [0.2, 0.25) is 0 Å². The minimum Gasteiger partial charge on any atom is -0.300 e. The van der Waals surface area contributed by atoms with Gasteiger partial charge in [-0.05, 0) is 37.5 Å². The van der Waals surface area contributed by atoms with Crippen LogP contribution in [0.1, 0.15) is 59.8 Å². The average Bonchev–Trinajstić information content (AvgIpc) is 2.14. The molecule has 0 N–H and O–H groups in total. The van der Waals surface area contributed by atoms with Crippen molar-refractivity contribution in [1.82, 2.24) is 0 Å². The van der Waals surface area contributed by atoms with Crippen LogP contribution >= 0.6 is 0 Å². The van der Waals surface area contributed by atoms with Crippen LogP contribution < -0.4 is 0 Å². The number of ketones is 2. The molecule has 16 heavy (non-hydrogen) atoms. The minimum atomic E-state index is 0.141. The lowest BCUT2D eigenvalue weighted by atomic mass is 9.68. The Labute approximate surface area is 98.8 Å². The summed E-state index contributed by atoms with van der Waals surface area (Å²) in [6.07, 6.45) is 4.05. The van der Waals surface area contributed by atoms with Crippen molar-refractivity contribution in [2.45, 2.75) is 59.8 Å². The number of hydrogen-bond donors (Lipinski definition) is 0. The number of rotatable bonds is 3. The van der Waals surface area contributed by atoms with E-state index in [1.54, 1.807) is 6.92 Å². The maximum absolute atomic E-state index is 11.8. The van der Waals surface area contributed by atoms with Crippen LogP contribution in [0, 0.1) is 17.3 Å². The van der Waals surface area contributed by atoms with Gasteiger partial charge in [0.1, 0.15) is 11.6 Å². The third-order valence-corrected chi connectivity index (χ3v) is 3.83. The first kappa shape index (κ1) is 13.4. The Morgan fingerprint density at radius 1 is 1.38 bits per heavy atom. The summed E-state index contributed by atoms with van der Waals surface area (Å²) in [6.45, 7) is 8.34. The van der Waals surface area contributed by atoms with E-state index in [1.807, 2.05) is 0 Å². The predicted molar refractivity (Wildman–Crippen MR) is 65.2 cm³/mol. The molecule has 0 bridgehead atoms. The molecule has 0 amide bonds. The number of Topliss-reactive ketones (excluding diaryl/α,β-unsaturated/α-hetero) is 2. The van der Waals surface area contributed by atoms with Crippen molar-refractivity contribution in [1.29, 1.82) is 0 Å². The largest absolute Gasteiger partial charge is 0.300 e. The molecule has 1 rings (SSSR count). The first-order valence-corrected chi connectivity index (χ1v) is 6.33. The van der Waals surface area contributed by atoms with Crippen molar-refractivity contribution in [2.24, 2.45) is 17.3 Å². The van der Waals surface area contributed by atoms with Gasteiger partial charge in [0.05, 0.1) is 0 Å². The van der Waals surface area contributed by atoms with Crippen molar-refractivity contribution in [3.05, 3.63) is 0 Å². The summed E-state index contributed by atoms with van der Waals surface area (Å²) in [5.41, 5.74) is 0.287. The van der Waals surface area contributed by atoms with Gasteiger partial charge in [-0.3, -0.25) is 4.79 Å². The summed E-state index contributed by atoms with van der Waals surface area (Å²) >= 11 is 0. The van der Waals surface area contributed by atoms with E-state index in [0.29, 0.717) is 24.5 Å². The molecule has 2 heteroatoms. The molecule has 1 saturated carbocycles. The molecule has 1 aliphatic rings. The molecule has 2 atom stereocenters. The van der Waals surface area contributed by atoms with Gasteiger partial charge >= 0.3 is 0 Å². The lowest BCUT2D eigenvalue weighted by molar-refractivity contribution is -0.127. The molecule has 2 unspecified atom stereocenters. The Bertz CT molecular complexity index is 273. The van der Waals surface area contributed by atoms with Crippen LogP contribution in [0.4, 0.5) is 0 Å². The van der Waals surface area contributed by atoms with E-state index in [4.69, 9.17) is 0 Å². The summed E-state index contributed by atoms with van der Waals surface area (Å²) in [5.74, 6) is 1.34. The van der Waals surface area contributed by atoms with Crippen molar-refractivity contribution in [3.8, 4) is 0 Å². The zero-order chi connectivity index (χ0) is 12.3. The van der Waals surface area contributed by atoms with Crippen molar-refractivity contribution >= 4 is 11.6 Å². The summed E-state index contributed by atoms with van der Waals surface area (Å²) in [4.78, 5) is 22.7. The van der Waals surface area contributed by atoms with Gasteiger partial charge in [0.2, 0.25) is 0 Å². The third kappa shape index (κ3) is 3.73. The lowest BCUT2D eigenvalue weighted by Crippen LogP contribution is -2.32. The fourth-order valence-corrected chi connectivity index (χ4v) is 2.56. The SMILES string of the molecule is CC(=O)CCC1CC(C(C)(C)C)CCC1=O. The first-order valence-electron chi connectivity index (χ1n) is 6.33. The Morgan fingerprint density at radius 3 is 2.50 bits per heavy atom. The lowest BCUT2D eigenvalue weighted by Gasteiger charge is -2.37. The molecule has 1 fully saturated rings. The van der Waals surface area contributed by atoms with Gasteiger partial charge < -0.3 is 4.79 Å². The minimum absolute atomic E-state index is 0.141. The quantitative estimate of drug-likeness (QED) is 0.736. The molecule has 0 spiro atoms. The highest BCUT2D eigenvalue weighted by Gasteiger charge is 2.34. The van der Waals surface area contributed by atoms with Crippen molar-refractivity contribution < 1.29 is 9.59 Å². The van der Waals surface area contributed by atoms with Gasteiger partial charge in [0, 0.05) is 18.8 Å². The fourth-order valence-electron chi connectivity index (χ4n) is 2.56. The molecular formula is C14H24O2. The topological polar surface area (TPSA) is 34.1 Å². The van der Waals surface area contributed by atoms with E-state index in [0.717, 1.165) is 19.3 Å². The van der Waals surface area contributed by atoms with Crippen LogP contribution in [0.3, 0.4) is 0 Å². The van der Waals surface area contributed by atoms with E-state index in [-0.39, 0.29) is 17.1 Å². The molecule has 0 radical (unpaired) electrons. The molecule has 0 aliphatic heterocycles. The van der Waals surface area contributed by atoms with Crippen LogP contribution in [-0.4, -0.2) is 11.6 Å². The number of hydrogen-bond acceptors (Lipinski definition) is 2. The van der Waals surface area contributed by atoms with Gasteiger partial charge in [-0.25, -0.2) is 0 Å². The molecule has 0 aromatic rings. The van der Waals surface area contributed by atoms with Crippen molar-refractivity contribution in [2.75, 3.05) is 0 Å². The molecule has 2 nitrogen and oxygen atoms in total. The molecule has 0 heterocycles. The van der Waals surface area contributed by atoms with Crippen molar-refractivity contribution in [3.63, 3.8) is 0 Å². The van der Waals surface area contributed by atoms with Gasteiger partial charge in [-0.1, -0.05) is 20.8 Å². The van der Waals surface area contributed by atoms with Crippen LogP contribution in [0.25, 0.3) is 0 Å². The second-order valence-electron chi connectivity index (χ2n) is 6.24. The monoisotopic (exact) mass is 224 g/mol. The standard InChI is InChI=1S/C14H24O2/c1-10(15)5-6-11-9-12(14(2,3)4)7-8-13(11)16/h11-12H,5-9H2,1-4H3. The highest BCUT2D eigenvalue weighted by Crippen LogP contribution is 2.40. The molecule has 0 aromatic heterocycles. The zero-order valence-corrected chi connectivity index (χ0v) is 11.0. The van der Waals surface area contributed by atoms with Crippen LogP contribution in [0.15, 0.2) is 0 Å². The Kier molecular flexibility index (Phi) is 4.28. The van der Waals surface area contributed by atoms with E-state index in [1.165, 1.54) is 0 Å². The normalized spacial score (nSPS) is 26.9. The summed E-state index contributed by atoms with van der Waals surface area (Å²) in [6, 6.07) is 0. The van der Waals surface area contributed by atoms with Gasteiger partial charge in [0.25, 0.3) is 0 Å². The van der Waals surface area contributed by atoms with Gasteiger partial charge in [0.15, 0.2) is 0 Å². The highest BCUT2D eigenvalue weighted by atomic mass is 16.1. The average molecular weight is 224 g/mol. The Hall–Kier alpha value is -0.660. The number of carbonyl (C=O) groups is 2. The van der Waals surface area contributed by atoms with Gasteiger partial charge in [-0.2, -0.15) is 0 Å². The fraction of sp³-hybridized carbons (Fsp3) is 0.857. The van der Waals surface area contributed by atoms with E-state index >= 15 is 0 Å². The molecule has 0 saturated heterocycles. The summed E-state index contributed by atoms with van der Waals surface area (Å²) < 4.78 is 0.